The summed E-state index contributed by atoms with van der Waals surface area (Å²) in [6, 6.07) is 12.6. The van der Waals surface area contributed by atoms with Crippen LogP contribution in [0.5, 0.6) is 5.75 Å². The zero-order valence-corrected chi connectivity index (χ0v) is 24.0. The van der Waals surface area contributed by atoms with Crippen LogP contribution in [0.25, 0.3) is 10.9 Å². The van der Waals surface area contributed by atoms with Gasteiger partial charge in [-0.3, -0.25) is 0 Å². The fourth-order valence-electron chi connectivity index (χ4n) is 3.53. The van der Waals surface area contributed by atoms with Gasteiger partial charge < -0.3 is 24.6 Å². The quantitative estimate of drug-likeness (QED) is 0.285. The molecule has 0 saturated carbocycles. The maximum absolute atomic E-state index is 13.1. The maximum Gasteiger partial charge on any atom is 0.408 e. The smallest absolute Gasteiger partial charge is 0.408 e. The van der Waals surface area contributed by atoms with Crippen LogP contribution < -0.4 is 10.1 Å². The monoisotopic (exact) mass is 578 g/mol. The molecule has 1 amide bonds. The highest BCUT2D eigenvalue weighted by molar-refractivity contribution is 7.99. The number of benzene rings is 2. The summed E-state index contributed by atoms with van der Waals surface area (Å²) in [4.78, 5) is 23.4. The van der Waals surface area contributed by atoms with Gasteiger partial charge >= 0.3 is 12.1 Å². The first-order valence-corrected chi connectivity index (χ1v) is 14.9. The predicted octanol–water partition coefficient (Wildman–Crippen LogP) is 4.29. The normalized spacial score (nSPS) is 12.7. The Bertz CT molecular complexity index is 1380. The van der Waals surface area contributed by atoms with Gasteiger partial charge in [0, 0.05) is 23.1 Å². The molecule has 3 rings (SSSR count). The second-order valence-electron chi connectivity index (χ2n) is 9.69. The molecule has 0 aliphatic carbocycles. The Hall–Kier alpha value is -3.22. The number of hydrogen-bond acceptors (Lipinski definition) is 8. The number of fused-ring (bicyclic) bond motifs is 1. The number of aryl methyl sites for hydroxylation is 1. The van der Waals surface area contributed by atoms with Crippen molar-refractivity contribution in [1.29, 1.82) is 0 Å². The van der Waals surface area contributed by atoms with Gasteiger partial charge in [-0.1, -0.05) is 23.8 Å². The van der Waals surface area contributed by atoms with Crippen LogP contribution in [0.15, 0.2) is 59.6 Å². The SMILES string of the molecule is Cc1ccc(S(=O)(=O)n2ccc3c(OCCOCCSC[C@@H](NC(=O)OC(C)(C)C)C(=O)O)cccc32)cc1. The first-order valence-electron chi connectivity index (χ1n) is 12.3. The van der Waals surface area contributed by atoms with Crippen molar-refractivity contribution in [2.24, 2.45) is 0 Å². The molecule has 0 fully saturated rings. The van der Waals surface area contributed by atoms with Gasteiger partial charge in [0.2, 0.25) is 0 Å². The molecular weight excluding hydrogens is 544 g/mol. The number of thioether (sulfide) groups is 1. The number of nitrogens with zero attached hydrogens (tertiary/aromatic N) is 1. The van der Waals surface area contributed by atoms with Gasteiger partial charge in [0.1, 0.15) is 24.0 Å². The number of ether oxygens (including phenoxy) is 3. The minimum Gasteiger partial charge on any atom is -0.490 e. The number of carbonyl (C=O) groups excluding carboxylic acids is 1. The van der Waals surface area contributed by atoms with Gasteiger partial charge in [-0.05, 0) is 58.0 Å². The van der Waals surface area contributed by atoms with Crippen LogP contribution in [0.4, 0.5) is 4.79 Å². The van der Waals surface area contributed by atoms with E-state index < -0.39 is 33.7 Å². The summed E-state index contributed by atoms with van der Waals surface area (Å²) in [7, 11) is -3.75. The number of carboxylic acids is 1. The Balaban J connectivity index is 1.45. The van der Waals surface area contributed by atoms with Crippen LogP contribution >= 0.6 is 11.8 Å². The van der Waals surface area contributed by atoms with E-state index >= 15 is 0 Å². The van der Waals surface area contributed by atoms with E-state index in [2.05, 4.69) is 5.32 Å². The molecule has 10 nitrogen and oxygen atoms in total. The first-order chi connectivity index (χ1) is 18.4. The molecule has 212 valence electrons. The number of amides is 1. The highest BCUT2D eigenvalue weighted by Crippen LogP contribution is 2.29. The van der Waals surface area contributed by atoms with Crippen molar-refractivity contribution in [3.05, 3.63) is 60.3 Å². The maximum atomic E-state index is 13.1. The third kappa shape index (κ3) is 8.64. The predicted molar refractivity (Wildman–Crippen MR) is 150 cm³/mol. The lowest BCUT2D eigenvalue weighted by Gasteiger charge is -2.21. The van der Waals surface area contributed by atoms with Crippen molar-refractivity contribution >= 4 is 44.8 Å². The fourth-order valence-corrected chi connectivity index (χ4v) is 5.74. The Morgan fingerprint density at radius 1 is 1.05 bits per heavy atom. The minimum atomic E-state index is -3.75. The van der Waals surface area contributed by atoms with Gasteiger partial charge in [0.05, 0.1) is 23.6 Å². The number of carboxylic acid groups (broad SMARTS) is 1. The van der Waals surface area contributed by atoms with E-state index in [9.17, 15) is 23.1 Å². The molecule has 0 spiro atoms. The molecular formula is C27H34N2O8S2. The number of nitrogens with one attached hydrogen (secondary N) is 1. The third-order valence-corrected chi connectivity index (χ3v) is 8.09. The lowest BCUT2D eigenvalue weighted by atomic mass is 10.2. The second-order valence-corrected chi connectivity index (χ2v) is 12.7. The van der Waals surface area contributed by atoms with Crippen LogP contribution in [0.2, 0.25) is 0 Å². The zero-order chi connectivity index (χ0) is 28.6. The lowest BCUT2D eigenvalue weighted by molar-refractivity contribution is -0.138. The highest BCUT2D eigenvalue weighted by Gasteiger charge is 2.24. The minimum absolute atomic E-state index is 0.166. The summed E-state index contributed by atoms with van der Waals surface area (Å²) in [5.41, 5.74) is 0.769. The van der Waals surface area contributed by atoms with Crippen LogP contribution in [0.1, 0.15) is 26.3 Å². The number of hydrogen-bond donors (Lipinski definition) is 2. The highest BCUT2D eigenvalue weighted by atomic mass is 32.2. The third-order valence-electron chi connectivity index (χ3n) is 5.37. The van der Waals surface area contributed by atoms with E-state index in [1.54, 1.807) is 69.3 Å². The summed E-state index contributed by atoms with van der Waals surface area (Å²) in [6.45, 7) is 7.90. The van der Waals surface area contributed by atoms with Crippen molar-refractivity contribution in [1.82, 2.24) is 9.29 Å². The van der Waals surface area contributed by atoms with Crippen molar-refractivity contribution < 1.29 is 37.3 Å². The topological polar surface area (TPSA) is 133 Å². The van der Waals surface area contributed by atoms with Gasteiger partial charge in [-0.15, -0.1) is 0 Å². The standard InChI is InChI=1S/C27H34N2O8S2/c1-19-8-10-20(11-9-19)39(33,34)29-13-12-21-23(29)6-5-7-24(21)36-15-14-35-16-17-38-18-22(25(30)31)28-26(32)37-27(2,3)4/h5-13,22H,14-18H2,1-4H3,(H,28,32)(H,30,31)/t22-/m1/s1. The molecule has 2 N–H and O–H groups in total. The summed E-state index contributed by atoms with van der Waals surface area (Å²) < 4.78 is 44.1. The van der Waals surface area contributed by atoms with Crippen molar-refractivity contribution in [3.8, 4) is 5.75 Å². The van der Waals surface area contributed by atoms with Crippen LogP contribution in [-0.4, -0.2) is 72.5 Å². The van der Waals surface area contributed by atoms with Gasteiger partial charge in [-0.2, -0.15) is 11.8 Å². The largest absolute Gasteiger partial charge is 0.490 e. The van der Waals surface area contributed by atoms with E-state index in [4.69, 9.17) is 14.2 Å². The molecule has 12 heteroatoms. The average molecular weight is 579 g/mol. The Morgan fingerprint density at radius 3 is 2.44 bits per heavy atom. The van der Waals surface area contributed by atoms with E-state index in [0.717, 1.165) is 5.56 Å². The van der Waals surface area contributed by atoms with E-state index in [0.29, 0.717) is 29.0 Å². The molecule has 1 atom stereocenters. The number of rotatable bonds is 13. The van der Waals surface area contributed by atoms with Crippen LogP contribution in [0.3, 0.4) is 0 Å². The molecule has 3 aromatic rings. The van der Waals surface area contributed by atoms with E-state index in [-0.39, 0.29) is 23.9 Å². The molecule has 0 unspecified atom stereocenters. The van der Waals surface area contributed by atoms with Crippen LogP contribution in [-0.2, 0) is 24.3 Å². The van der Waals surface area contributed by atoms with E-state index in [1.165, 1.54) is 21.9 Å². The molecule has 0 aliphatic heterocycles. The number of carbonyl (C=O) groups is 2. The molecule has 2 aromatic carbocycles. The Labute approximate surface area is 232 Å². The average Bonchev–Trinajstić information content (AvgIpc) is 3.30. The number of alkyl carbamates (subject to hydrolysis) is 1. The Kier molecular flexibility index (Phi) is 10.3. The molecule has 0 radical (unpaired) electrons. The van der Waals surface area contributed by atoms with Gasteiger partial charge in [-0.25, -0.2) is 22.0 Å². The zero-order valence-electron chi connectivity index (χ0n) is 22.4. The lowest BCUT2D eigenvalue weighted by Crippen LogP contribution is -2.45. The van der Waals surface area contributed by atoms with Crippen molar-refractivity contribution in [2.75, 3.05) is 31.3 Å². The summed E-state index contributed by atoms with van der Waals surface area (Å²) >= 11 is 1.33. The molecule has 0 saturated heterocycles. The van der Waals surface area contributed by atoms with Crippen LogP contribution in [0, 0.1) is 6.92 Å². The fraction of sp³-hybridized carbons (Fsp3) is 0.407. The molecule has 1 aromatic heterocycles. The Morgan fingerprint density at radius 2 is 1.77 bits per heavy atom. The molecule has 0 bridgehead atoms. The second kappa shape index (κ2) is 13.2. The summed E-state index contributed by atoms with van der Waals surface area (Å²) in [5, 5.41) is 12.3. The van der Waals surface area contributed by atoms with Gasteiger partial charge in [0.15, 0.2) is 0 Å². The van der Waals surface area contributed by atoms with Gasteiger partial charge in [0.25, 0.3) is 10.0 Å². The molecule has 39 heavy (non-hydrogen) atoms. The molecule has 0 aliphatic rings. The molecule has 1 heterocycles. The van der Waals surface area contributed by atoms with E-state index in [1.807, 2.05) is 6.92 Å². The number of aromatic nitrogens is 1. The number of aliphatic carboxylic acids is 1. The summed E-state index contributed by atoms with van der Waals surface area (Å²) in [5.74, 6) is 0.0896. The first kappa shape index (κ1) is 30.3. The summed E-state index contributed by atoms with van der Waals surface area (Å²) in [6.07, 6.45) is 0.740. The van der Waals surface area contributed by atoms with Crippen molar-refractivity contribution in [2.45, 2.75) is 44.2 Å². The van der Waals surface area contributed by atoms with Crippen molar-refractivity contribution in [3.63, 3.8) is 0 Å².